The summed E-state index contributed by atoms with van der Waals surface area (Å²) < 4.78 is 0. The van der Waals surface area contributed by atoms with Crippen LogP contribution in [0.4, 0.5) is 0 Å². The lowest BCUT2D eigenvalue weighted by atomic mass is 10.7. The second kappa shape index (κ2) is 3.53. The highest BCUT2D eigenvalue weighted by Crippen LogP contribution is 1.91. The molecule has 0 rings (SSSR count). The van der Waals surface area contributed by atoms with Crippen molar-refractivity contribution in [2.75, 3.05) is 0 Å². The van der Waals surface area contributed by atoms with Gasteiger partial charge in [0.2, 0.25) is 0 Å². The zero-order valence-electron chi connectivity index (χ0n) is 3.55. The molecule has 0 spiro atoms. The molecule has 3 nitrogen and oxygen atoms in total. The predicted octanol–water partition coefficient (Wildman–Crippen LogP) is -0.256. The average Bonchev–Trinajstić information content (AvgIpc) is 1.68. The molecule has 0 saturated heterocycles. The van der Waals surface area contributed by atoms with Gasteiger partial charge in [0.05, 0.1) is 4.91 Å². The number of nitriles is 1. The Labute approximate surface area is 47.2 Å². The average molecular weight is 115 g/mol. The van der Waals surface area contributed by atoms with Crippen molar-refractivity contribution in [3.63, 3.8) is 0 Å². The molecule has 0 amide bonds. The summed E-state index contributed by atoms with van der Waals surface area (Å²) in [6.07, 6.45) is 1.29. The highest BCUT2D eigenvalue weighted by Gasteiger charge is 1.76. The Morgan fingerprint density at radius 2 is 2.57 bits per heavy atom. The molecular weight excluding hydrogens is 110 g/mol. The molecule has 0 unspecified atom stereocenters. The van der Waals surface area contributed by atoms with Crippen LogP contribution >= 0.6 is 12.6 Å². The molecule has 0 saturated carbocycles. The third-order valence-electron chi connectivity index (χ3n) is 0.335. The fraction of sp³-hybridized carbons (Fsp3) is 0. The van der Waals surface area contributed by atoms with Crippen LogP contribution in [0.3, 0.4) is 0 Å². The van der Waals surface area contributed by atoms with Gasteiger partial charge in [0.15, 0.2) is 0 Å². The standard InChI is InChI=1S/C3H5N3S/c4-1-3(7)2-6-5/h2,6-7H,5H2/b3-2-. The number of hydrazine groups is 1. The molecule has 0 aliphatic rings. The molecule has 0 aliphatic heterocycles. The molecule has 0 heterocycles. The molecule has 0 fully saturated rings. The van der Waals surface area contributed by atoms with Crippen molar-refractivity contribution < 1.29 is 0 Å². The molecule has 38 valence electrons. The molecule has 7 heavy (non-hydrogen) atoms. The van der Waals surface area contributed by atoms with Gasteiger partial charge in [-0.05, 0) is 0 Å². The number of nitrogens with zero attached hydrogens (tertiary/aromatic N) is 1. The molecule has 0 aliphatic carbocycles. The van der Waals surface area contributed by atoms with Crippen LogP contribution in [0, 0.1) is 11.3 Å². The van der Waals surface area contributed by atoms with E-state index in [4.69, 9.17) is 11.1 Å². The lowest BCUT2D eigenvalue weighted by molar-refractivity contribution is 0.966. The van der Waals surface area contributed by atoms with E-state index in [9.17, 15) is 0 Å². The van der Waals surface area contributed by atoms with E-state index in [1.165, 1.54) is 6.20 Å². The van der Waals surface area contributed by atoms with E-state index in [1.807, 2.05) is 0 Å². The van der Waals surface area contributed by atoms with Crippen LogP contribution in [0.1, 0.15) is 0 Å². The fourth-order valence-electron chi connectivity index (χ4n) is 0.111. The van der Waals surface area contributed by atoms with E-state index in [0.29, 0.717) is 0 Å². The SMILES string of the molecule is N#C/C(S)=C/NN. The van der Waals surface area contributed by atoms with Gasteiger partial charge in [0.1, 0.15) is 6.07 Å². The molecule has 0 aromatic carbocycles. The highest BCUT2D eigenvalue weighted by atomic mass is 32.1. The second-order valence-corrected chi connectivity index (χ2v) is 1.29. The first-order valence-electron chi connectivity index (χ1n) is 1.56. The Morgan fingerprint density at radius 3 is 2.71 bits per heavy atom. The van der Waals surface area contributed by atoms with Crippen LogP contribution in [-0.2, 0) is 0 Å². The number of hydrogen-bond acceptors (Lipinski definition) is 4. The summed E-state index contributed by atoms with van der Waals surface area (Å²) in [6.45, 7) is 0. The number of hydrogen-bond donors (Lipinski definition) is 3. The summed E-state index contributed by atoms with van der Waals surface area (Å²) in [5.41, 5.74) is 2.16. The minimum Gasteiger partial charge on any atom is -0.330 e. The van der Waals surface area contributed by atoms with Gasteiger partial charge in [-0.25, -0.2) is 0 Å². The van der Waals surface area contributed by atoms with Gasteiger partial charge in [-0.1, -0.05) is 0 Å². The van der Waals surface area contributed by atoms with E-state index in [0.717, 1.165) is 0 Å². The first-order chi connectivity index (χ1) is 3.31. The maximum atomic E-state index is 7.98. The van der Waals surface area contributed by atoms with E-state index in [2.05, 4.69) is 18.1 Å². The van der Waals surface area contributed by atoms with Gasteiger partial charge in [0, 0.05) is 6.20 Å². The summed E-state index contributed by atoms with van der Waals surface area (Å²) in [4.78, 5) is 0.266. The van der Waals surface area contributed by atoms with Crippen LogP contribution in [0.5, 0.6) is 0 Å². The maximum absolute atomic E-state index is 7.98. The van der Waals surface area contributed by atoms with Gasteiger partial charge in [-0.3, -0.25) is 5.84 Å². The first kappa shape index (κ1) is 6.34. The van der Waals surface area contributed by atoms with Gasteiger partial charge in [-0.15, -0.1) is 12.6 Å². The van der Waals surface area contributed by atoms with Gasteiger partial charge >= 0.3 is 0 Å². The van der Waals surface area contributed by atoms with E-state index in [-0.39, 0.29) is 4.91 Å². The third-order valence-corrected chi connectivity index (χ3v) is 0.564. The molecule has 3 N–H and O–H groups in total. The molecule has 4 heteroatoms. The van der Waals surface area contributed by atoms with Crippen molar-refractivity contribution in [1.29, 1.82) is 5.26 Å². The predicted molar refractivity (Wildman–Crippen MR) is 30.0 cm³/mol. The van der Waals surface area contributed by atoms with Crippen LogP contribution in [0.25, 0.3) is 0 Å². The lowest BCUT2D eigenvalue weighted by Crippen LogP contribution is -2.13. The molecule has 0 atom stereocenters. The van der Waals surface area contributed by atoms with Crippen molar-refractivity contribution >= 4 is 12.6 Å². The Bertz CT molecular complexity index is 112. The molecule has 0 radical (unpaired) electrons. The first-order valence-corrected chi connectivity index (χ1v) is 2.01. The van der Waals surface area contributed by atoms with Gasteiger partial charge in [-0.2, -0.15) is 5.26 Å². The number of nitrogens with one attached hydrogen (secondary N) is 1. The van der Waals surface area contributed by atoms with Crippen LogP contribution in [0.2, 0.25) is 0 Å². The molecule has 0 aromatic heterocycles. The topological polar surface area (TPSA) is 61.8 Å². The van der Waals surface area contributed by atoms with E-state index >= 15 is 0 Å². The third kappa shape index (κ3) is 3.16. The van der Waals surface area contributed by atoms with E-state index in [1.54, 1.807) is 6.07 Å². The molecule has 0 bridgehead atoms. The molecular formula is C3H5N3S. The van der Waals surface area contributed by atoms with Gasteiger partial charge < -0.3 is 5.43 Å². The fourth-order valence-corrected chi connectivity index (χ4v) is 0.186. The molecule has 0 aromatic rings. The number of allylic oxidation sites excluding steroid dienone is 1. The highest BCUT2D eigenvalue weighted by molar-refractivity contribution is 7.84. The van der Waals surface area contributed by atoms with Crippen molar-refractivity contribution in [3.8, 4) is 6.07 Å². The van der Waals surface area contributed by atoms with Gasteiger partial charge in [0.25, 0.3) is 0 Å². The lowest BCUT2D eigenvalue weighted by Gasteiger charge is -1.82. The summed E-state index contributed by atoms with van der Waals surface area (Å²) in [6, 6.07) is 1.75. The summed E-state index contributed by atoms with van der Waals surface area (Å²) in [5.74, 6) is 4.78. The number of thiol groups is 1. The smallest absolute Gasteiger partial charge is 0.107 e. The Morgan fingerprint density at radius 1 is 2.00 bits per heavy atom. The van der Waals surface area contributed by atoms with Crippen LogP contribution in [-0.4, -0.2) is 0 Å². The minimum absolute atomic E-state index is 0.266. The largest absolute Gasteiger partial charge is 0.330 e. The van der Waals surface area contributed by atoms with Crippen molar-refractivity contribution in [1.82, 2.24) is 5.43 Å². The van der Waals surface area contributed by atoms with Crippen molar-refractivity contribution in [2.45, 2.75) is 0 Å². The zero-order valence-corrected chi connectivity index (χ0v) is 4.44. The Kier molecular flexibility index (Phi) is 3.19. The number of rotatable bonds is 1. The Hall–Kier alpha value is -0.660. The minimum atomic E-state index is 0.266. The van der Waals surface area contributed by atoms with Crippen molar-refractivity contribution in [2.24, 2.45) is 5.84 Å². The van der Waals surface area contributed by atoms with Crippen molar-refractivity contribution in [3.05, 3.63) is 11.1 Å². The monoisotopic (exact) mass is 115 g/mol. The van der Waals surface area contributed by atoms with Crippen LogP contribution < -0.4 is 11.3 Å². The summed E-state index contributed by atoms with van der Waals surface area (Å²) in [7, 11) is 0. The van der Waals surface area contributed by atoms with E-state index < -0.39 is 0 Å². The second-order valence-electron chi connectivity index (χ2n) is 0.808. The Balaban J connectivity index is 3.57. The zero-order chi connectivity index (χ0) is 5.70. The normalized spacial score (nSPS) is 10.1. The summed E-state index contributed by atoms with van der Waals surface area (Å²) >= 11 is 3.67. The maximum Gasteiger partial charge on any atom is 0.107 e. The number of nitrogens with two attached hydrogens (primary N) is 1. The van der Waals surface area contributed by atoms with Crippen LogP contribution in [0.15, 0.2) is 11.1 Å². The quantitative estimate of drug-likeness (QED) is 0.191. The summed E-state index contributed by atoms with van der Waals surface area (Å²) in [5, 5.41) is 7.98.